The van der Waals surface area contributed by atoms with Crippen LogP contribution in [0.1, 0.15) is 29.8 Å². The molecule has 0 spiro atoms. The van der Waals surface area contributed by atoms with E-state index in [4.69, 9.17) is 9.47 Å². The fourth-order valence-corrected chi connectivity index (χ4v) is 2.00. The van der Waals surface area contributed by atoms with Gasteiger partial charge in [-0.2, -0.15) is 0 Å². The van der Waals surface area contributed by atoms with E-state index in [9.17, 15) is 9.18 Å². The lowest BCUT2D eigenvalue weighted by molar-refractivity contribution is -0.128. The summed E-state index contributed by atoms with van der Waals surface area (Å²) in [7, 11) is 0. The van der Waals surface area contributed by atoms with Crippen molar-refractivity contribution in [3.8, 4) is 5.75 Å². The summed E-state index contributed by atoms with van der Waals surface area (Å²) in [5.74, 6) is -2.17. The van der Waals surface area contributed by atoms with Crippen molar-refractivity contribution in [2.24, 2.45) is 0 Å². The zero-order chi connectivity index (χ0) is 12.6. The zero-order valence-electron chi connectivity index (χ0n) is 9.29. The maximum Gasteiger partial charge on any atom is 0.348 e. The largest absolute Gasteiger partial charge is 0.451 e. The number of esters is 1. The molecule has 2 rings (SSSR count). The van der Waals surface area contributed by atoms with E-state index >= 15 is 0 Å². The van der Waals surface area contributed by atoms with Crippen molar-refractivity contribution in [3.63, 3.8) is 0 Å². The lowest BCUT2D eigenvalue weighted by atomic mass is 10.1. The van der Waals surface area contributed by atoms with Gasteiger partial charge in [-0.3, -0.25) is 0 Å². The van der Waals surface area contributed by atoms with Gasteiger partial charge in [-0.1, -0.05) is 22.6 Å². The highest BCUT2D eigenvalue weighted by Crippen LogP contribution is 2.36. The first-order valence-corrected chi connectivity index (χ1v) is 6.21. The Labute approximate surface area is 112 Å². The van der Waals surface area contributed by atoms with Crippen LogP contribution in [0.4, 0.5) is 4.39 Å². The molecule has 0 unspecified atom stereocenters. The van der Waals surface area contributed by atoms with Gasteiger partial charge < -0.3 is 9.47 Å². The van der Waals surface area contributed by atoms with Gasteiger partial charge in [-0.05, 0) is 22.3 Å². The number of hydrogen-bond donors (Lipinski definition) is 0. The summed E-state index contributed by atoms with van der Waals surface area (Å²) in [5.41, 5.74) is 0.511. The third-order valence-corrected chi connectivity index (χ3v) is 2.63. The van der Waals surface area contributed by atoms with Crippen LogP contribution in [0, 0.1) is 5.82 Å². The Morgan fingerprint density at radius 1 is 1.35 bits per heavy atom. The fraction of sp³-hybridized carbons (Fsp3) is 0.250. The SMILES string of the molecule is CC1(C)OC(=O)c2c(F)ccc(/C=C\I)c2O1. The number of fused-ring (bicyclic) bond motifs is 1. The van der Waals surface area contributed by atoms with Crippen molar-refractivity contribution in [3.05, 3.63) is 33.2 Å². The molecule has 17 heavy (non-hydrogen) atoms. The summed E-state index contributed by atoms with van der Waals surface area (Å²) < 4.78 is 25.9. The topological polar surface area (TPSA) is 35.5 Å². The van der Waals surface area contributed by atoms with Gasteiger partial charge in [0.15, 0.2) is 0 Å². The van der Waals surface area contributed by atoms with Crippen LogP contribution in [-0.4, -0.2) is 11.8 Å². The molecule has 3 nitrogen and oxygen atoms in total. The quantitative estimate of drug-likeness (QED) is 0.576. The van der Waals surface area contributed by atoms with Gasteiger partial charge in [0.2, 0.25) is 5.79 Å². The van der Waals surface area contributed by atoms with Crippen LogP contribution >= 0.6 is 22.6 Å². The fourth-order valence-electron chi connectivity index (χ4n) is 1.61. The molecule has 1 aliphatic rings. The molecule has 1 aliphatic heterocycles. The molecule has 0 aliphatic carbocycles. The highest BCUT2D eigenvalue weighted by molar-refractivity contribution is 14.1. The molecule has 0 N–H and O–H groups in total. The van der Waals surface area contributed by atoms with Crippen LogP contribution in [0.25, 0.3) is 6.08 Å². The molecule has 1 heterocycles. The number of cyclic esters (lactones) is 1. The van der Waals surface area contributed by atoms with Crippen LogP contribution in [0.2, 0.25) is 0 Å². The number of carbonyl (C=O) groups is 1. The Kier molecular flexibility index (Phi) is 3.11. The van der Waals surface area contributed by atoms with Gasteiger partial charge in [0, 0.05) is 19.4 Å². The molecule has 1 aromatic carbocycles. The lowest BCUT2D eigenvalue weighted by Gasteiger charge is -2.32. The van der Waals surface area contributed by atoms with Crippen LogP contribution in [0.5, 0.6) is 5.75 Å². The molecule has 0 saturated carbocycles. The highest BCUT2D eigenvalue weighted by atomic mass is 127. The maximum atomic E-state index is 13.6. The van der Waals surface area contributed by atoms with E-state index in [1.807, 2.05) is 22.6 Å². The summed E-state index contributed by atoms with van der Waals surface area (Å²) in [4.78, 5) is 11.7. The van der Waals surface area contributed by atoms with Crippen molar-refractivity contribution in [1.29, 1.82) is 0 Å². The van der Waals surface area contributed by atoms with E-state index in [0.29, 0.717) is 5.56 Å². The highest BCUT2D eigenvalue weighted by Gasteiger charge is 2.37. The number of benzene rings is 1. The van der Waals surface area contributed by atoms with Crippen LogP contribution in [-0.2, 0) is 4.74 Å². The second-order valence-electron chi connectivity index (χ2n) is 4.02. The van der Waals surface area contributed by atoms with Gasteiger partial charge in [-0.15, -0.1) is 0 Å². The maximum absolute atomic E-state index is 13.6. The number of hydrogen-bond acceptors (Lipinski definition) is 3. The van der Waals surface area contributed by atoms with Gasteiger partial charge in [0.25, 0.3) is 0 Å². The number of halogens is 2. The molecule has 0 aromatic heterocycles. The lowest BCUT2D eigenvalue weighted by Crippen LogP contribution is -2.39. The van der Waals surface area contributed by atoms with Crippen LogP contribution in [0.15, 0.2) is 16.2 Å². The Balaban J connectivity index is 2.65. The predicted molar refractivity (Wildman–Crippen MR) is 69.6 cm³/mol. The van der Waals surface area contributed by atoms with Crippen molar-refractivity contribution in [1.82, 2.24) is 0 Å². The van der Waals surface area contributed by atoms with Gasteiger partial charge in [0.05, 0.1) is 0 Å². The third kappa shape index (κ3) is 2.29. The Bertz CT molecular complexity index is 509. The van der Waals surface area contributed by atoms with Crippen LogP contribution in [0.3, 0.4) is 0 Å². The molecule has 0 amide bonds. The Morgan fingerprint density at radius 3 is 2.71 bits per heavy atom. The number of rotatable bonds is 1. The summed E-state index contributed by atoms with van der Waals surface area (Å²) >= 11 is 2.04. The number of ether oxygens (including phenoxy) is 2. The predicted octanol–water partition coefficient (Wildman–Crippen LogP) is 3.52. The van der Waals surface area contributed by atoms with Crippen molar-refractivity contribution in [2.45, 2.75) is 19.6 Å². The third-order valence-electron chi connectivity index (χ3n) is 2.27. The standard InChI is InChI=1S/C12H10FIO3/c1-12(2)16-10-7(5-6-14)3-4-8(13)9(10)11(15)17-12/h3-6H,1-2H3/b6-5-. The first-order chi connectivity index (χ1) is 7.94. The summed E-state index contributed by atoms with van der Waals surface area (Å²) in [5, 5.41) is 0. The van der Waals surface area contributed by atoms with Gasteiger partial charge >= 0.3 is 5.97 Å². The molecule has 0 fully saturated rings. The normalized spacial score (nSPS) is 17.5. The van der Waals surface area contributed by atoms with Crippen LogP contribution < -0.4 is 4.74 Å². The van der Waals surface area contributed by atoms with E-state index in [2.05, 4.69) is 0 Å². The average Bonchev–Trinajstić information content (AvgIpc) is 2.20. The zero-order valence-corrected chi connectivity index (χ0v) is 11.4. The van der Waals surface area contributed by atoms with Gasteiger partial charge in [-0.25, -0.2) is 9.18 Å². The van der Waals surface area contributed by atoms with E-state index in [1.165, 1.54) is 6.07 Å². The molecule has 0 bridgehead atoms. The molecule has 0 saturated heterocycles. The summed E-state index contributed by atoms with van der Waals surface area (Å²) in [6.45, 7) is 3.21. The molecule has 0 radical (unpaired) electrons. The number of carbonyl (C=O) groups excluding carboxylic acids is 1. The van der Waals surface area contributed by atoms with E-state index in [1.54, 1.807) is 30.1 Å². The molecule has 5 heteroatoms. The average molecular weight is 348 g/mol. The van der Waals surface area contributed by atoms with Crippen molar-refractivity contribution < 1.29 is 18.7 Å². The first kappa shape index (κ1) is 12.3. The molecule has 1 aromatic rings. The minimum absolute atomic E-state index is 0.142. The second kappa shape index (κ2) is 4.29. The van der Waals surface area contributed by atoms with E-state index < -0.39 is 17.6 Å². The van der Waals surface area contributed by atoms with Crippen molar-refractivity contribution >= 4 is 34.6 Å². The Morgan fingerprint density at radius 2 is 2.06 bits per heavy atom. The monoisotopic (exact) mass is 348 g/mol. The van der Waals surface area contributed by atoms with Crippen molar-refractivity contribution in [2.75, 3.05) is 0 Å². The second-order valence-corrected chi connectivity index (χ2v) is 4.74. The molecular weight excluding hydrogens is 338 g/mol. The van der Waals surface area contributed by atoms with Gasteiger partial charge in [0.1, 0.15) is 17.1 Å². The van der Waals surface area contributed by atoms with E-state index in [-0.39, 0.29) is 11.3 Å². The molecule has 0 atom stereocenters. The molecular formula is C12H10FIO3. The molecule has 90 valence electrons. The minimum Gasteiger partial charge on any atom is -0.451 e. The smallest absolute Gasteiger partial charge is 0.348 e. The Hall–Kier alpha value is -1.11. The first-order valence-electron chi connectivity index (χ1n) is 4.96. The summed E-state index contributed by atoms with van der Waals surface area (Å²) in [6.07, 6.45) is 1.74. The van der Waals surface area contributed by atoms with E-state index in [0.717, 1.165) is 0 Å². The summed E-state index contributed by atoms with van der Waals surface area (Å²) in [6, 6.07) is 2.80. The minimum atomic E-state index is -1.08.